The van der Waals surface area contributed by atoms with Crippen molar-refractivity contribution in [1.29, 1.82) is 0 Å². The molecule has 0 bridgehead atoms. The van der Waals surface area contributed by atoms with Crippen LogP contribution in [0.2, 0.25) is 0 Å². The summed E-state index contributed by atoms with van der Waals surface area (Å²) in [5.41, 5.74) is 0. The molecule has 4 heteroatoms. The molecular formula is C2H6InO3+3. The summed E-state index contributed by atoms with van der Waals surface area (Å²) >= 11 is 0. The van der Waals surface area contributed by atoms with Gasteiger partial charge in [-0.15, -0.1) is 0 Å². The van der Waals surface area contributed by atoms with Gasteiger partial charge in [0, 0.05) is 6.92 Å². The number of aliphatic carboxylic acids is 1. The van der Waals surface area contributed by atoms with Gasteiger partial charge in [0.25, 0.3) is 5.97 Å². The fraction of sp³-hybridized carbons (Fsp3) is 0.500. The van der Waals surface area contributed by atoms with Crippen molar-refractivity contribution in [3.05, 3.63) is 0 Å². The molecule has 0 aromatic rings. The van der Waals surface area contributed by atoms with Crippen molar-refractivity contribution in [3.63, 3.8) is 0 Å². The molecule has 0 saturated carbocycles. The first-order chi connectivity index (χ1) is 1.73. The quantitative estimate of drug-likeness (QED) is 0.529. The van der Waals surface area contributed by atoms with Crippen molar-refractivity contribution in [3.8, 4) is 0 Å². The Morgan fingerprint density at radius 3 is 1.67 bits per heavy atom. The topological polar surface area (TPSA) is 68.8 Å². The zero-order valence-electron chi connectivity index (χ0n) is 3.43. The summed E-state index contributed by atoms with van der Waals surface area (Å²) in [6.45, 7) is 1.08. The summed E-state index contributed by atoms with van der Waals surface area (Å²) in [5, 5.41) is 7.42. The molecule has 0 unspecified atom stereocenters. The molecule has 0 aliphatic carbocycles. The van der Waals surface area contributed by atoms with E-state index in [-0.39, 0.29) is 31.3 Å². The molecule has 0 atom stereocenters. The molecule has 3 nitrogen and oxygen atoms in total. The van der Waals surface area contributed by atoms with Crippen molar-refractivity contribution in [2.24, 2.45) is 0 Å². The Hall–Kier alpha value is 0.300. The van der Waals surface area contributed by atoms with E-state index in [4.69, 9.17) is 9.90 Å². The van der Waals surface area contributed by atoms with Crippen molar-refractivity contribution in [2.75, 3.05) is 0 Å². The van der Waals surface area contributed by atoms with E-state index in [1.54, 1.807) is 0 Å². The minimum atomic E-state index is -0.833. The molecule has 0 aliphatic heterocycles. The molecule has 3 N–H and O–H groups in total. The number of rotatable bonds is 0. The molecule has 6 heavy (non-hydrogen) atoms. The van der Waals surface area contributed by atoms with E-state index in [0.29, 0.717) is 0 Å². The molecule has 0 rings (SSSR count). The van der Waals surface area contributed by atoms with E-state index in [1.807, 2.05) is 0 Å². The van der Waals surface area contributed by atoms with Crippen molar-refractivity contribution in [2.45, 2.75) is 6.92 Å². The first-order valence-corrected chi connectivity index (χ1v) is 0.928. The van der Waals surface area contributed by atoms with Crippen LogP contribution < -0.4 is 0 Å². The fourth-order valence-electron chi connectivity index (χ4n) is 0. The van der Waals surface area contributed by atoms with Crippen LogP contribution in [0.25, 0.3) is 0 Å². The Bertz CT molecular complexity index is 31.8. The van der Waals surface area contributed by atoms with Gasteiger partial charge in [-0.05, 0) is 0 Å². The SMILES string of the molecule is CC(=O)O.O.[In+3]. The molecule has 0 spiro atoms. The van der Waals surface area contributed by atoms with Gasteiger partial charge < -0.3 is 10.6 Å². The number of carboxylic acids is 1. The maximum Gasteiger partial charge on any atom is 3.00 e. The van der Waals surface area contributed by atoms with Gasteiger partial charge in [0.2, 0.25) is 0 Å². The van der Waals surface area contributed by atoms with Gasteiger partial charge in [-0.1, -0.05) is 0 Å². The molecule has 0 radical (unpaired) electrons. The molecule has 0 aliphatic rings. The van der Waals surface area contributed by atoms with Crippen LogP contribution >= 0.6 is 0 Å². The second-order valence-electron chi connectivity index (χ2n) is 0.519. The van der Waals surface area contributed by atoms with E-state index >= 15 is 0 Å². The van der Waals surface area contributed by atoms with Gasteiger partial charge >= 0.3 is 25.8 Å². The van der Waals surface area contributed by atoms with E-state index in [0.717, 1.165) is 6.92 Å². The second kappa shape index (κ2) is 9.00. The molecule has 0 aromatic carbocycles. The van der Waals surface area contributed by atoms with Gasteiger partial charge in [-0.2, -0.15) is 0 Å². The third-order valence-electron chi connectivity index (χ3n) is 0. The van der Waals surface area contributed by atoms with E-state index in [9.17, 15) is 0 Å². The van der Waals surface area contributed by atoms with Gasteiger partial charge in [-0.3, -0.25) is 4.79 Å². The van der Waals surface area contributed by atoms with Crippen LogP contribution in [0.1, 0.15) is 6.92 Å². The summed E-state index contributed by atoms with van der Waals surface area (Å²) in [5.74, 6) is -0.833. The van der Waals surface area contributed by atoms with Crippen molar-refractivity contribution in [1.82, 2.24) is 0 Å². The average molecular weight is 193 g/mol. The third-order valence-corrected chi connectivity index (χ3v) is 0. The van der Waals surface area contributed by atoms with E-state index in [1.165, 1.54) is 0 Å². The van der Waals surface area contributed by atoms with Crippen LogP contribution in [0.5, 0.6) is 0 Å². The van der Waals surface area contributed by atoms with Gasteiger partial charge in [0.15, 0.2) is 0 Å². The molecule has 0 amide bonds. The maximum absolute atomic E-state index is 9.00. The standard InChI is InChI=1S/C2H4O2.In.H2O/c1-2(3)4;;/h1H3,(H,3,4);;1H2/q;+3;. The summed E-state index contributed by atoms with van der Waals surface area (Å²) < 4.78 is 0. The van der Waals surface area contributed by atoms with Crippen LogP contribution in [0.4, 0.5) is 0 Å². The molecule has 32 valence electrons. The van der Waals surface area contributed by atoms with Crippen molar-refractivity contribution >= 4 is 31.8 Å². The van der Waals surface area contributed by atoms with Crippen molar-refractivity contribution < 1.29 is 15.4 Å². The Kier molecular flexibility index (Phi) is 24.4. The number of hydrogen-bond acceptors (Lipinski definition) is 1. The second-order valence-corrected chi connectivity index (χ2v) is 0.519. The number of carbonyl (C=O) groups is 1. The van der Waals surface area contributed by atoms with Crippen LogP contribution in [0.15, 0.2) is 0 Å². The first-order valence-electron chi connectivity index (χ1n) is 0.928. The molecule has 0 aromatic heterocycles. The normalized spacial score (nSPS) is 4.17. The molecular weight excluding hydrogens is 187 g/mol. The van der Waals surface area contributed by atoms with Gasteiger partial charge in [-0.25, -0.2) is 0 Å². The Labute approximate surface area is 54.4 Å². The smallest absolute Gasteiger partial charge is 0.481 e. The monoisotopic (exact) mass is 193 g/mol. The summed E-state index contributed by atoms with van der Waals surface area (Å²) in [6, 6.07) is 0. The fourth-order valence-corrected chi connectivity index (χ4v) is 0. The van der Waals surface area contributed by atoms with Crippen LogP contribution in [-0.4, -0.2) is 42.4 Å². The van der Waals surface area contributed by atoms with Crippen LogP contribution in [0, 0.1) is 0 Å². The Morgan fingerprint density at radius 2 is 1.67 bits per heavy atom. The first kappa shape index (κ1) is 16.3. The summed E-state index contributed by atoms with van der Waals surface area (Å²) in [6.07, 6.45) is 0. The average Bonchev–Trinajstić information content (AvgIpc) is 0.811. The van der Waals surface area contributed by atoms with Gasteiger partial charge in [0.1, 0.15) is 0 Å². The maximum atomic E-state index is 9.00. The third kappa shape index (κ3) is 520. The Morgan fingerprint density at radius 1 is 1.67 bits per heavy atom. The zero-order chi connectivity index (χ0) is 3.58. The minimum Gasteiger partial charge on any atom is -0.481 e. The van der Waals surface area contributed by atoms with E-state index in [2.05, 4.69) is 0 Å². The molecule has 0 heterocycles. The van der Waals surface area contributed by atoms with Gasteiger partial charge in [0.05, 0.1) is 0 Å². The number of hydrogen-bond donors (Lipinski definition) is 1. The summed E-state index contributed by atoms with van der Waals surface area (Å²) in [7, 11) is 0. The Balaban J connectivity index is -0.0000000450. The number of carboxylic acid groups (broad SMARTS) is 1. The zero-order valence-corrected chi connectivity index (χ0v) is 6.73. The van der Waals surface area contributed by atoms with E-state index < -0.39 is 5.97 Å². The minimum absolute atomic E-state index is 0. The predicted octanol–water partition coefficient (Wildman–Crippen LogP) is -1.11. The predicted molar refractivity (Wildman–Crippen MR) is 22.7 cm³/mol. The molecule has 0 saturated heterocycles. The molecule has 0 fully saturated rings. The summed E-state index contributed by atoms with van der Waals surface area (Å²) in [4.78, 5) is 9.00. The van der Waals surface area contributed by atoms with Crippen LogP contribution in [-0.2, 0) is 4.79 Å². The van der Waals surface area contributed by atoms with Crippen LogP contribution in [0.3, 0.4) is 0 Å². The largest absolute Gasteiger partial charge is 3.00 e.